The molecule has 0 radical (unpaired) electrons. The third kappa shape index (κ3) is 2.53. The Morgan fingerprint density at radius 1 is 1.09 bits per heavy atom. The van der Waals surface area contributed by atoms with Crippen LogP contribution in [0.1, 0.15) is 34.9 Å². The number of carbonyl (C=O) groups is 1. The van der Waals surface area contributed by atoms with Gasteiger partial charge in [-0.15, -0.1) is 0 Å². The smallest absolute Gasteiger partial charge is 0.255 e. The number of benzene rings is 2. The zero-order chi connectivity index (χ0) is 15.8. The molecule has 0 bridgehead atoms. The average Bonchev–Trinajstić information content (AvgIpc) is 3.15. The maximum atomic E-state index is 13.5. The van der Waals surface area contributed by atoms with Gasteiger partial charge in [0.1, 0.15) is 12.0 Å². The highest BCUT2D eigenvalue weighted by atomic mass is 19.1. The molecule has 2 unspecified atom stereocenters. The van der Waals surface area contributed by atoms with Gasteiger partial charge in [0.15, 0.2) is 0 Å². The highest BCUT2D eigenvalue weighted by Gasteiger charge is 2.44. The predicted molar refractivity (Wildman–Crippen MR) is 86.3 cm³/mol. The first-order chi connectivity index (χ1) is 11.2. The Bertz CT molecular complexity index is 718. The lowest BCUT2D eigenvalue weighted by Crippen LogP contribution is -2.35. The van der Waals surface area contributed by atoms with Gasteiger partial charge < -0.3 is 4.90 Å². The van der Waals surface area contributed by atoms with Gasteiger partial charge in [0.2, 0.25) is 0 Å². The molecule has 4 rings (SSSR count). The maximum Gasteiger partial charge on any atom is 0.255 e. The van der Waals surface area contributed by atoms with Crippen LogP contribution in [0.25, 0.3) is 0 Å². The van der Waals surface area contributed by atoms with Crippen molar-refractivity contribution in [1.29, 1.82) is 0 Å². The summed E-state index contributed by atoms with van der Waals surface area (Å²) in [6.07, 6.45) is 2.26. The number of nitrogens with zero attached hydrogens (tertiary/aromatic N) is 2. The monoisotopic (exact) mass is 310 g/mol. The first-order valence-electron chi connectivity index (χ1n) is 8.11. The van der Waals surface area contributed by atoms with Gasteiger partial charge in [-0.05, 0) is 36.6 Å². The normalized spacial score (nSPS) is 24.0. The van der Waals surface area contributed by atoms with Crippen molar-refractivity contribution >= 4 is 5.91 Å². The van der Waals surface area contributed by atoms with Crippen LogP contribution in [0.3, 0.4) is 0 Å². The Morgan fingerprint density at radius 2 is 1.91 bits per heavy atom. The molecule has 2 aliphatic heterocycles. The minimum absolute atomic E-state index is 0.0422. The third-order valence-electron chi connectivity index (χ3n) is 4.87. The van der Waals surface area contributed by atoms with Crippen LogP contribution in [-0.2, 0) is 0 Å². The Balaban J connectivity index is 1.70. The minimum Gasteiger partial charge on any atom is -0.317 e. The number of hydrogen-bond donors (Lipinski definition) is 0. The van der Waals surface area contributed by atoms with Gasteiger partial charge in [-0.25, -0.2) is 4.39 Å². The Hall–Kier alpha value is -2.20. The summed E-state index contributed by atoms with van der Waals surface area (Å²) in [5.74, 6) is -0.459. The number of hydrogen-bond acceptors (Lipinski definition) is 2. The summed E-state index contributed by atoms with van der Waals surface area (Å²) in [7, 11) is 0. The zero-order valence-electron chi connectivity index (χ0n) is 12.9. The highest BCUT2D eigenvalue weighted by molar-refractivity contribution is 5.94. The van der Waals surface area contributed by atoms with Gasteiger partial charge in [0, 0.05) is 24.7 Å². The van der Waals surface area contributed by atoms with Crippen molar-refractivity contribution in [2.75, 3.05) is 13.1 Å². The summed E-state index contributed by atoms with van der Waals surface area (Å²) < 4.78 is 13.5. The highest BCUT2D eigenvalue weighted by Crippen LogP contribution is 2.39. The summed E-state index contributed by atoms with van der Waals surface area (Å²) in [5, 5.41) is 0. The molecule has 0 N–H and O–H groups in total. The van der Waals surface area contributed by atoms with Crippen molar-refractivity contribution in [3.05, 3.63) is 71.5 Å². The topological polar surface area (TPSA) is 23.6 Å². The van der Waals surface area contributed by atoms with E-state index >= 15 is 0 Å². The van der Waals surface area contributed by atoms with Gasteiger partial charge >= 0.3 is 0 Å². The summed E-state index contributed by atoms with van der Waals surface area (Å²) in [6.45, 7) is 1.73. The maximum absolute atomic E-state index is 13.5. The second kappa shape index (κ2) is 5.78. The van der Waals surface area contributed by atoms with Crippen molar-refractivity contribution in [3.63, 3.8) is 0 Å². The molecule has 2 aliphatic rings. The van der Waals surface area contributed by atoms with Crippen molar-refractivity contribution in [3.8, 4) is 0 Å². The van der Waals surface area contributed by atoms with Crippen LogP contribution < -0.4 is 0 Å². The van der Waals surface area contributed by atoms with E-state index in [1.807, 2.05) is 23.1 Å². The molecule has 0 spiro atoms. The fraction of sp³-hybridized carbons (Fsp3) is 0.316. The fourth-order valence-corrected chi connectivity index (χ4v) is 3.86. The van der Waals surface area contributed by atoms with Crippen LogP contribution in [0.15, 0.2) is 54.6 Å². The molecule has 118 valence electrons. The van der Waals surface area contributed by atoms with Crippen molar-refractivity contribution in [2.24, 2.45) is 0 Å². The van der Waals surface area contributed by atoms with E-state index in [9.17, 15) is 9.18 Å². The molecular formula is C19H19FN2O. The SMILES string of the molecule is O=C(c1cccc(F)c1)N1CC2CCCN2C1c1ccccc1. The van der Waals surface area contributed by atoms with Crippen LogP contribution in [-0.4, -0.2) is 34.8 Å². The van der Waals surface area contributed by atoms with E-state index in [1.54, 1.807) is 12.1 Å². The predicted octanol–water partition coefficient (Wildman–Crippen LogP) is 3.44. The first-order valence-corrected chi connectivity index (χ1v) is 8.11. The molecule has 3 nitrogen and oxygen atoms in total. The fourth-order valence-electron chi connectivity index (χ4n) is 3.86. The quantitative estimate of drug-likeness (QED) is 0.848. The number of amides is 1. The van der Waals surface area contributed by atoms with Gasteiger partial charge in [0.05, 0.1) is 0 Å². The molecule has 2 fully saturated rings. The lowest BCUT2D eigenvalue weighted by atomic mass is 10.1. The largest absolute Gasteiger partial charge is 0.317 e. The van der Waals surface area contributed by atoms with E-state index in [-0.39, 0.29) is 17.9 Å². The lowest BCUT2D eigenvalue weighted by Gasteiger charge is -2.30. The van der Waals surface area contributed by atoms with E-state index < -0.39 is 0 Å². The van der Waals surface area contributed by atoms with Crippen LogP contribution in [0, 0.1) is 5.82 Å². The molecule has 2 saturated heterocycles. The van der Waals surface area contributed by atoms with Gasteiger partial charge in [-0.2, -0.15) is 0 Å². The van der Waals surface area contributed by atoms with Gasteiger partial charge in [-0.1, -0.05) is 36.4 Å². The molecular weight excluding hydrogens is 291 g/mol. The first kappa shape index (κ1) is 14.4. The average molecular weight is 310 g/mol. The van der Waals surface area contributed by atoms with E-state index in [0.29, 0.717) is 11.6 Å². The van der Waals surface area contributed by atoms with E-state index in [1.165, 1.54) is 18.6 Å². The van der Waals surface area contributed by atoms with Crippen molar-refractivity contribution < 1.29 is 9.18 Å². The van der Waals surface area contributed by atoms with Crippen LogP contribution >= 0.6 is 0 Å². The number of carbonyl (C=O) groups excluding carboxylic acids is 1. The zero-order valence-corrected chi connectivity index (χ0v) is 12.9. The number of fused-ring (bicyclic) bond motifs is 1. The molecule has 0 aliphatic carbocycles. The summed E-state index contributed by atoms with van der Waals surface area (Å²) in [5.41, 5.74) is 1.55. The Kier molecular flexibility index (Phi) is 3.62. The summed E-state index contributed by atoms with van der Waals surface area (Å²) >= 11 is 0. The van der Waals surface area contributed by atoms with Gasteiger partial charge in [-0.3, -0.25) is 9.69 Å². The molecule has 2 aromatic rings. The van der Waals surface area contributed by atoms with Crippen molar-refractivity contribution in [1.82, 2.24) is 9.80 Å². The van der Waals surface area contributed by atoms with Crippen LogP contribution in [0.5, 0.6) is 0 Å². The lowest BCUT2D eigenvalue weighted by molar-refractivity contribution is 0.0638. The van der Waals surface area contributed by atoms with E-state index in [4.69, 9.17) is 0 Å². The molecule has 2 heterocycles. The minimum atomic E-state index is -0.369. The molecule has 4 heteroatoms. The number of halogens is 1. The summed E-state index contributed by atoms with van der Waals surface area (Å²) in [6, 6.07) is 16.5. The third-order valence-corrected chi connectivity index (χ3v) is 4.87. The van der Waals surface area contributed by atoms with Gasteiger partial charge in [0.25, 0.3) is 5.91 Å². The second-order valence-corrected chi connectivity index (χ2v) is 6.29. The summed E-state index contributed by atoms with van der Waals surface area (Å²) in [4.78, 5) is 17.3. The molecule has 2 atom stereocenters. The molecule has 1 amide bonds. The van der Waals surface area contributed by atoms with Crippen molar-refractivity contribution in [2.45, 2.75) is 25.0 Å². The van der Waals surface area contributed by atoms with E-state index in [2.05, 4.69) is 17.0 Å². The Morgan fingerprint density at radius 3 is 2.70 bits per heavy atom. The molecule has 0 saturated carbocycles. The van der Waals surface area contributed by atoms with Crippen LogP contribution in [0.4, 0.5) is 4.39 Å². The molecule has 23 heavy (non-hydrogen) atoms. The number of rotatable bonds is 2. The second-order valence-electron chi connectivity index (χ2n) is 6.29. The molecule has 2 aromatic carbocycles. The Labute approximate surface area is 135 Å². The van der Waals surface area contributed by atoms with E-state index in [0.717, 1.165) is 25.1 Å². The standard InChI is InChI=1S/C19H19FN2O/c20-16-9-4-8-15(12-16)19(23)22-13-17-10-5-11-21(17)18(22)14-6-2-1-3-7-14/h1-4,6-9,12,17-18H,5,10-11,13H2. The molecule has 0 aromatic heterocycles. The van der Waals surface area contributed by atoms with Crippen LogP contribution in [0.2, 0.25) is 0 Å².